The van der Waals surface area contributed by atoms with E-state index in [9.17, 15) is 8.42 Å². The van der Waals surface area contributed by atoms with Gasteiger partial charge in [-0.3, -0.25) is 4.99 Å². The molecule has 166 valence electrons. The van der Waals surface area contributed by atoms with Crippen molar-refractivity contribution in [3.05, 3.63) is 65.2 Å². The molecule has 2 aromatic rings. The Kier molecular flexibility index (Phi) is 11.4. The number of aliphatic imine (C=N–C) groups is 1. The van der Waals surface area contributed by atoms with Gasteiger partial charge in [0.05, 0.1) is 4.90 Å². The number of benzene rings is 2. The van der Waals surface area contributed by atoms with E-state index in [1.54, 1.807) is 13.1 Å². The Balaban J connectivity index is 0.00000450. The highest BCUT2D eigenvalue weighted by atomic mass is 127. The first-order valence-electron chi connectivity index (χ1n) is 9.76. The molecule has 8 heteroatoms. The molecule has 0 radical (unpaired) electrons. The van der Waals surface area contributed by atoms with E-state index < -0.39 is 9.84 Å². The first-order chi connectivity index (χ1) is 13.8. The summed E-state index contributed by atoms with van der Waals surface area (Å²) in [6.45, 7) is 5.16. The Hall–Kier alpha value is -1.65. The molecule has 0 unspecified atom stereocenters. The van der Waals surface area contributed by atoms with Gasteiger partial charge in [0.25, 0.3) is 0 Å². The predicted molar refractivity (Wildman–Crippen MR) is 135 cm³/mol. The van der Waals surface area contributed by atoms with Gasteiger partial charge in [-0.25, -0.2) is 8.42 Å². The SMILES string of the molecule is CN=C(NCCCN(C)Cc1ccccc1)NCc1ccc(S(C)(=O)=O)c(C)c1.I. The topological polar surface area (TPSA) is 73.8 Å². The van der Waals surface area contributed by atoms with Gasteiger partial charge in [-0.2, -0.15) is 0 Å². The normalized spacial score (nSPS) is 11.8. The molecule has 0 atom stereocenters. The van der Waals surface area contributed by atoms with Crippen molar-refractivity contribution in [3.8, 4) is 0 Å². The average Bonchev–Trinajstić information content (AvgIpc) is 2.67. The summed E-state index contributed by atoms with van der Waals surface area (Å²) >= 11 is 0. The summed E-state index contributed by atoms with van der Waals surface area (Å²) in [6, 6.07) is 15.9. The van der Waals surface area contributed by atoms with Gasteiger partial charge in [-0.05, 0) is 49.7 Å². The van der Waals surface area contributed by atoms with Gasteiger partial charge >= 0.3 is 0 Å². The van der Waals surface area contributed by atoms with Crippen molar-refractivity contribution in [2.24, 2.45) is 4.99 Å². The largest absolute Gasteiger partial charge is 0.356 e. The van der Waals surface area contributed by atoms with E-state index in [2.05, 4.69) is 51.8 Å². The second-order valence-corrected chi connectivity index (χ2v) is 9.29. The third-order valence-electron chi connectivity index (χ3n) is 4.63. The number of nitrogens with zero attached hydrogens (tertiary/aromatic N) is 2. The monoisotopic (exact) mass is 544 g/mol. The first kappa shape index (κ1) is 26.4. The molecule has 0 amide bonds. The van der Waals surface area contributed by atoms with E-state index in [0.717, 1.165) is 43.1 Å². The maximum absolute atomic E-state index is 11.7. The summed E-state index contributed by atoms with van der Waals surface area (Å²) in [6.07, 6.45) is 2.24. The third-order valence-corrected chi connectivity index (χ3v) is 5.88. The number of nitrogens with one attached hydrogen (secondary N) is 2. The maximum atomic E-state index is 11.7. The lowest BCUT2D eigenvalue weighted by Gasteiger charge is -2.17. The van der Waals surface area contributed by atoms with Crippen LogP contribution in [0, 0.1) is 6.92 Å². The molecule has 0 bridgehead atoms. The predicted octanol–water partition coefficient (Wildman–Crippen LogP) is 3.20. The lowest BCUT2D eigenvalue weighted by atomic mass is 10.1. The molecular weight excluding hydrogens is 511 g/mol. The maximum Gasteiger partial charge on any atom is 0.191 e. The minimum atomic E-state index is -3.19. The first-order valence-corrected chi connectivity index (χ1v) is 11.7. The summed E-state index contributed by atoms with van der Waals surface area (Å²) < 4.78 is 23.5. The summed E-state index contributed by atoms with van der Waals surface area (Å²) in [5.74, 6) is 0.737. The van der Waals surface area contributed by atoms with Gasteiger partial charge < -0.3 is 15.5 Å². The molecule has 0 saturated heterocycles. The van der Waals surface area contributed by atoms with Crippen molar-refractivity contribution in [3.63, 3.8) is 0 Å². The lowest BCUT2D eigenvalue weighted by molar-refractivity contribution is 0.322. The van der Waals surface area contributed by atoms with Gasteiger partial charge in [-0.15, -0.1) is 24.0 Å². The van der Waals surface area contributed by atoms with Crippen LogP contribution in [-0.4, -0.2) is 52.7 Å². The van der Waals surface area contributed by atoms with Crippen LogP contribution in [0.15, 0.2) is 58.4 Å². The highest BCUT2D eigenvalue weighted by Crippen LogP contribution is 2.16. The second kappa shape index (κ2) is 12.9. The van der Waals surface area contributed by atoms with Crippen molar-refractivity contribution in [2.75, 3.05) is 33.4 Å². The number of sulfone groups is 1. The van der Waals surface area contributed by atoms with Gasteiger partial charge in [0.2, 0.25) is 0 Å². The Morgan fingerprint density at radius 1 is 1.07 bits per heavy atom. The van der Waals surface area contributed by atoms with Crippen LogP contribution >= 0.6 is 24.0 Å². The summed E-state index contributed by atoms with van der Waals surface area (Å²) in [7, 11) is 0.684. The minimum Gasteiger partial charge on any atom is -0.356 e. The summed E-state index contributed by atoms with van der Waals surface area (Å²) in [4.78, 5) is 6.93. The molecule has 0 fully saturated rings. The fourth-order valence-electron chi connectivity index (χ4n) is 3.17. The molecule has 0 heterocycles. The van der Waals surface area contributed by atoms with Crippen LogP contribution in [0.5, 0.6) is 0 Å². The van der Waals surface area contributed by atoms with Gasteiger partial charge in [0.1, 0.15) is 0 Å². The summed E-state index contributed by atoms with van der Waals surface area (Å²) in [5, 5.41) is 6.60. The fraction of sp³-hybridized carbons (Fsp3) is 0.409. The molecule has 30 heavy (non-hydrogen) atoms. The van der Waals surface area contributed by atoms with E-state index in [4.69, 9.17) is 0 Å². The number of rotatable bonds is 9. The second-order valence-electron chi connectivity index (χ2n) is 7.30. The highest BCUT2D eigenvalue weighted by molar-refractivity contribution is 14.0. The Labute approximate surface area is 198 Å². The quantitative estimate of drug-likeness (QED) is 0.220. The molecule has 2 N–H and O–H groups in total. The van der Waals surface area contributed by atoms with E-state index in [0.29, 0.717) is 11.4 Å². The molecular formula is C22H33IN4O2S. The van der Waals surface area contributed by atoms with Gasteiger partial charge in [0.15, 0.2) is 15.8 Å². The molecule has 2 rings (SSSR count). The van der Waals surface area contributed by atoms with Crippen molar-refractivity contribution >= 4 is 39.8 Å². The fourth-order valence-corrected chi connectivity index (χ4v) is 4.13. The van der Waals surface area contributed by atoms with E-state index in [-0.39, 0.29) is 24.0 Å². The van der Waals surface area contributed by atoms with Crippen LogP contribution in [0.25, 0.3) is 0 Å². The zero-order chi connectivity index (χ0) is 21.3. The number of hydrogen-bond donors (Lipinski definition) is 2. The Morgan fingerprint density at radius 2 is 1.77 bits per heavy atom. The number of halogens is 1. The third kappa shape index (κ3) is 9.01. The van der Waals surface area contributed by atoms with Crippen LogP contribution in [0.1, 0.15) is 23.1 Å². The zero-order valence-electron chi connectivity index (χ0n) is 18.2. The standard InChI is InChI=1S/C22H32N4O2S.HI/c1-18-15-20(11-12-21(18)29(4,27)28)16-25-22(23-2)24-13-8-14-26(3)17-19-9-6-5-7-10-19;/h5-7,9-12,15H,8,13-14,16-17H2,1-4H3,(H2,23,24,25);1H. The van der Waals surface area contributed by atoms with Crippen molar-refractivity contribution in [1.82, 2.24) is 15.5 Å². The zero-order valence-corrected chi connectivity index (χ0v) is 21.3. The van der Waals surface area contributed by atoms with Crippen LogP contribution in [0.3, 0.4) is 0 Å². The number of aryl methyl sites for hydroxylation is 1. The van der Waals surface area contributed by atoms with E-state index in [1.807, 2.05) is 25.1 Å². The smallest absolute Gasteiger partial charge is 0.191 e. The lowest BCUT2D eigenvalue weighted by Crippen LogP contribution is -2.38. The van der Waals surface area contributed by atoms with Crippen molar-refractivity contribution < 1.29 is 8.42 Å². The Morgan fingerprint density at radius 3 is 2.37 bits per heavy atom. The number of guanidine groups is 1. The molecule has 6 nitrogen and oxygen atoms in total. The van der Waals surface area contributed by atoms with Crippen molar-refractivity contribution in [1.29, 1.82) is 0 Å². The van der Waals surface area contributed by atoms with E-state index >= 15 is 0 Å². The van der Waals surface area contributed by atoms with Crippen LogP contribution in [0.4, 0.5) is 0 Å². The van der Waals surface area contributed by atoms with Crippen LogP contribution in [-0.2, 0) is 22.9 Å². The minimum absolute atomic E-state index is 0. The molecule has 0 aliphatic carbocycles. The Bertz CT molecular complexity index is 918. The molecule has 0 spiro atoms. The van der Waals surface area contributed by atoms with Gasteiger partial charge in [-0.1, -0.05) is 42.5 Å². The number of hydrogen-bond acceptors (Lipinski definition) is 4. The molecule has 2 aromatic carbocycles. The molecule has 0 aromatic heterocycles. The van der Waals surface area contributed by atoms with E-state index in [1.165, 1.54) is 11.8 Å². The van der Waals surface area contributed by atoms with Gasteiger partial charge in [0, 0.05) is 32.9 Å². The van der Waals surface area contributed by atoms with Crippen LogP contribution < -0.4 is 10.6 Å². The summed E-state index contributed by atoms with van der Waals surface area (Å²) in [5.41, 5.74) is 3.09. The molecule has 0 aliphatic heterocycles. The average molecular weight is 545 g/mol. The molecule has 0 saturated carbocycles. The highest BCUT2D eigenvalue weighted by Gasteiger charge is 2.11. The van der Waals surface area contributed by atoms with Crippen LogP contribution in [0.2, 0.25) is 0 Å². The van der Waals surface area contributed by atoms with Crippen molar-refractivity contribution in [2.45, 2.75) is 31.3 Å². The molecule has 0 aliphatic rings.